The molecule has 6 heteroatoms. The largest absolute Gasteiger partial charge is 0.395 e. The van der Waals surface area contributed by atoms with Gasteiger partial charge in [0.15, 0.2) is 0 Å². The monoisotopic (exact) mass is 416 g/mol. The van der Waals surface area contributed by atoms with Crippen molar-refractivity contribution >= 4 is 28.5 Å². The van der Waals surface area contributed by atoms with E-state index in [1.165, 1.54) is 4.90 Å². The van der Waals surface area contributed by atoms with Crippen molar-refractivity contribution in [2.24, 2.45) is 0 Å². The summed E-state index contributed by atoms with van der Waals surface area (Å²) in [5.41, 5.74) is 2.65. The van der Waals surface area contributed by atoms with Gasteiger partial charge in [-0.15, -0.1) is 0 Å². The van der Waals surface area contributed by atoms with Gasteiger partial charge < -0.3 is 10.0 Å². The number of nitrogens with zero attached hydrogens (tertiary/aromatic N) is 2. The van der Waals surface area contributed by atoms with Crippen molar-refractivity contribution in [3.8, 4) is 0 Å². The molecule has 0 radical (unpaired) electrons. The normalized spacial score (nSPS) is 13.0. The summed E-state index contributed by atoms with van der Waals surface area (Å²) in [7, 11) is 0. The molecule has 0 fully saturated rings. The van der Waals surface area contributed by atoms with Gasteiger partial charge in [-0.1, -0.05) is 42.0 Å². The smallest absolute Gasteiger partial charge is 0.261 e. The molecule has 0 saturated heterocycles. The van der Waals surface area contributed by atoms with Crippen molar-refractivity contribution in [2.45, 2.75) is 13.3 Å². The molecule has 31 heavy (non-hydrogen) atoms. The molecule has 0 bridgehead atoms. The highest BCUT2D eigenvalue weighted by molar-refractivity contribution is 6.25. The van der Waals surface area contributed by atoms with E-state index in [9.17, 15) is 19.5 Å². The predicted octanol–water partition coefficient (Wildman–Crippen LogP) is 3.27. The van der Waals surface area contributed by atoms with E-state index < -0.39 is 0 Å². The summed E-state index contributed by atoms with van der Waals surface area (Å²) in [4.78, 5) is 41.6. The van der Waals surface area contributed by atoms with Crippen molar-refractivity contribution in [3.05, 3.63) is 82.9 Å². The third kappa shape index (κ3) is 3.94. The Balaban J connectivity index is 1.48. The minimum absolute atomic E-state index is 0.158. The minimum Gasteiger partial charge on any atom is -0.395 e. The first-order valence-electron chi connectivity index (χ1n) is 10.4. The van der Waals surface area contributed by atoms with Crippen molar-refractivity contribution in [1.29, 1.82) is 0 Å². The van der Waals surface area contributed by atoms with Crippen LogP contribution in [0.3, 0.4) is 0 Å². The van der Waals surface area contributed by atoms with Crippen molar-refractivity contribution in [2.75, 3.05) is 26.2 Å². The molecule has 158 valence electrons. The van der Waals surface area contributed by atoms with E-state index in [0.717, 1.165) is 10.9 Å². The Kier molecular flexibility index (Phi) is 5.82. The SMILES string of the molecule is Cc1ccc(C(=O)N(CCO)CCCN2C(=O)c3cccc4cccc(c34)C2=O)cc1. The van der Waals surface area contributed by atoms with E-state index in [2.05, 4.69) is 0 Å². The molecule has 1 N–H and O–H groups in total. The molecular formula is C25H24N2O4. The molecule has 1 heterocycles. The first-order valence-corrected chi connectivity index (χ1v) is 10.4. The summed E-state index contributed by atoms with van der Waals surface area (Å²) >= 11 is 0. The number of carbonyl (C=O) groups excluding carboxylic acids is 3. The van der Waals surface area contributed by atoms with Crippen LogP contribution in [0.25, 0.3) is 10.8 Å². The third-order valence-electron chi connectivity index (χ3n) is 5.62. The Labute approximate surface area is 180 Å². The van der Waals surface area contributed by atoms with Gasteiger partial charge >= 0.3 is 0 Å². The predicted molar refractivity (Wildman–Crippen MR) is 118 cm³/mol. The van der Waals surface area contributed by atoms with E-state index in [1.807, 2.05) is 43.3 Å². The van der Waals surface area contributed by atoms with Crippen LogP contribution < -0.4 is 0 Å². The number of aryl methyl sites for hydroxylation is 1. The Morgan fingerprint density at radius 1 is 0.903 bits per heavy atom. The molecule has 4 rings (SSSR count). The van der Waals surface area contributed by atoms with E-state index in [1.54, 1.807) is 29.2 Å². The summed E-state index contributed by atoms with van der Waals surface area (Å²) in [5, 5.41) is 11.0. The van der Waals surface area contributed by atoms with Gasteiger partial charge in [-0.25, -0.2) is 0 Å². The Bertz CT molecular complexity index is 1100. The molecule has 6 nitrogen and oxygen atoms in total. The minimum atomic E-state index is -0.312. The Morgan fingerprint density at radius 3 is 2.10 bits per heavy atom. The summed E-state index contributed by atoms with van der Waals surface area (Å²) < 4.78 is 0. The first kappa shape index (κ1) is 20.8. The summed E-state index contributed by atoms with van der Waals surface area (Å²) in [6.45, 7) is 2.51. The molecule has 0 saturated carbocycles. The number of hydrogen-bond donors (Lipinski definition) is 1. The van der Waals surface area contributed by atoms with Gasteiger partial charge in [-0.05, 0) is 43.0 Å². The van der Waals surface area contributed by atoms with Crippen LogP contribution in [0.5, 0.6) is 0 Å². The molecule has 0 aromatic heterocycles. The number of imide groups is 1. The second kappa shape index (κ2) is 8.70. The second-order valence-corrected chi connectivity index (χ2v) is 7.71. The zero-order valence-electron chi connectivity index (χ0n) is 17.4. The molecule has 1 aliphatic rings. The van der Waals surface area contributed by atoms with Crippen LogP contribution in [-0.2, 0) is 0 Å². The highest BCUT2D eigenvalue weighted by atomic mass is 16.3. The quantitative estimate of drug-likeness (QED) is 0.600. The zero-order chi connectivity index (χ0) is 22.0. The molecule has 0 spiro atoms. The lowest BCUT2D eigenvalue weighted by atomic mass is 9.94. The average molecular weight is 416 g/mol. The summed E-state index contributed by atoms with van der Waals surface area (Å²) in [6.07, 6.45) is 0.424. The van der Waals surface area contributed by atoms with Crippen LogP contribution in [0.1, 0.15) is 43.1 Å². The third-order valence-corrected chi connectivity index (χ3v) is 5.62. The molecule has 0 atom stereocenters. The van der Waals surface area contributed by atoms with Crippen molar-refractivity contribution in [3.63, 3.8) is 0 Å². The molecule has 3 aromatic carbocycles. The second-order valence-electron chi connectivity index (χ2n) is 7.71. The number of rotatable bonds is 7. The van der Waals surface area contributed by atoms with Crippen LogP contribution in [0.4, 0.5) is 0 Å². The van der Waals surface area contributed by atoms with Crippen LogP contribution in [-0.4, -0.2) is 58.9 Å². The number of carbonyl (C=O) groups is 3. The molecule has 3 amide bonds. The fourth-order valence-corrected chi connectivity index (χ4v) is 4.02. The number of hydrogen-bond acceptors (Lipinski definition) is 4. The lowest BCUT2D eigenvalue weighted by molar-refractivity contribution is 0.0596. The molecule has 1 aliphatic heterocycles. The van der Waals surface area contributed by atoms with Gasteiger partial charge in [-0.3, -0.25) is 19.3 Å². The van der Waals surface area contributed by atoms with E-state index in [-0.39, 0.29) is 37.4 Å². The highest BCUT2D eigenvalue weighted by Gasteiger charge is 2.32. The highest BCUT2D eigenvalue weighted by Crippen LogP contribution is 2.30. The van der Waals surface area contributed by atoms with Crippen LogP contribution in [0, 0.1) is 6.92 Å². The topological polar surface area (TPSA) is 77.9 Å². The number of aliphatic hydroxyl groups is 1. The van der Waals surface area contributed by atoms with E-state index in [4.69, 9.17) is 0 Å². The average Bonchev–Trinajstić information content (AvgIpc) is 2.79. The maximum Gasteiger partial charge on any atom is 0.261 e. The van der Waals surface area contributed by atoms with Crippen LogP contribution >= 0.6 is 0 Å². The Morgan fingerprint density at radius 2 is 1.52 bits per heavy atom. The van der Waals surface area contributed by atoms with E-state index >= 15 is 0 Å². The van der Waals surface area contributed by atoms with E-state index in [0.29, 0.717) is 35.0 Å². The zero-order valence-corrected chi connectivity index (χ0v) is 17.4. The first-order chi connectivity index (χ1) is 15.0. The lowest BCUT2D eigenvalue weighted by Crippen LogP contribution is -2.42. The summed E-state index contributed by atoms with van der Waals surface area (Å²) in [5.74, 6) is -0.804. The Hall–Kier alpha value is -3.51. The maximum atomic E-state index is 13.0. The fraction of sp³-hybridized carbons (Fsp3) is 0.240. The fourth-order valence-electron chi connectivity index (χ4n) is 4.02. The van der Waals surface area contributed by atoms with Crippen molar-refractivity contribution in [1.82, 2.24) is 9.80 Å². The maximum absolute atomic E-state index is 13.0. The number of amides is 3. The molecule has 0 aliphatic carbocycles. The van der Waals surface area contributed by atoms with Gasteiger partial charge in [0.2, 0.25) is 0 Å². The van der Waals surface area contributed by atoms with Gasteiger partial charge in [0.1, 0.15) is 0 Å². The standard InChI is InChI=1S/C25H24N2O4/c1-17-9-11-19(12-10-17)23(29)26(15-16-28)13-4-14-27-24(30)20-7-2-5-18-6-3-8-21(22(18)20)25(27)31/h2-3,5-12,28H,4,13-16H2,1H3. The van der Waals surface area contributed by atoms with Gasteiger partial charge in [0.25, 0.3) is 17.7 Å². The summed E-state index contributed by atoms with van der Waals surface area (Å²) in [6, 6.07) is 18.2. The van der Waals surface area contributed by atoms with Gasteiger partial charge in [0.05, 0.1) is 6.61 Å². The lowest BCUT2D eigenvalue weighted by Gasteiger charge is -2.28. The molecular weight excluding hydrogens is 392 g/mol. The van der Waals surface area contributed by atoms with Crippen LogP contribution in [0.2, 0.25) is 0 Å². The molecule has 0 unspecified atom stereocenters. The van der Waals surface area contributed by atoms with Gasteiger partial charge in [0, 0.05) is 41.7 Å². The van der Waals surface area contributed by atoms with Crippen molar-refractivity contribution < 1.29 is 19.5 Å². The van der Waals surface area contributed by atoms with Gasteiger partial charge in [-0.2, -0.15) is 0 Å². The molecule has 3 aromatic rings. The number of aliphatic hydroxyl groups excluding tert-OH is 1. The number of benzene rings is 3. The van der Waals surface area contributed by atoms with Crippen LogP contribution in [0.15, 0.2) is 60.7 Å².